The second-order valence-corrected chi connectivity index (χ2v) is 9.19. The van der Waals surface area contributed by atoms with E-state index in [9.17, 15) is 8.78 Å². The fourth-order valence-electron chi connectivity index (χ4n) is 4.36. The Balaban J connectivity index is 1.46. The van der Waals surface area contributed by atoms with E-state index in [1.165, 1.54) is 61.6 Å². The summed E-state index contributed by atoms with van der Waals surface area (Å²) in [4.78, 5) is 0.632. The van der Waals surface area contributed by atoms with Crippen molar-refractivity contribution < 1.29 is 8.78 Å². The molecule has 0 aliphatic heterocycles. The molecule has 152 valence electrons. The molecule has 2 aromatic carbocycles. The number of thioether (sulfide) groups is 1. The van der Waals surface area contributed by atoms with Gasteiger partial charge in [0.05, 0.1) is 0 Å². The standard InChI is InChI=1S/C25H32F2S/c1-2-3-4-19-7-13-22(14-8-19)23-15-9-20(10-16-23)5-6-21-11-17-24(18-12-21)28-25(26)27/h9-12,15-19,22,25H,2-8,13-14H2,1H3/t19-,22-. The van der Waals surface area contributed by atoms with Crippen LogP contribution >= 0.6 is 11.8 Å². The molecule has 0 radical (unpaired) electrons. The molecule has 0 bridgehead atoms. The van der Waals surface area contributed by atoms with E-state index in [4.69, 9.17) is 0 Å². The predicted octanol–water partition coefficient (Wildman–Crippen LogP) is 8.25. The molecule has 1 saturated carbocycles. The molecule has 0 spiro atoms. The van der Waals surface area contributed by atoms with E-state index in [-0.39, 0.29) is 0 Å². The molecule has 1 fully saturated rings. The Kier molecular flexibility index (Phi) is 8.39. The number of halogens is 2. The number of hydrogen-bond donors (Lipinski definition) is 0. The highest BCUT2D eigenvalue weighted by molar-refractivity contribution is 7.99. The Morgan fingerprint density at radius 1 is 0.857 bits per heavy atom. The van der Waals surface area contributed by atoms with Crippen LogP contribution in [0.4, 0.5) is 8.78 Å². The minimum atomic E-state index is -2.35. The summed E-state index contributed by atoms with van der Waals surface area (Å²) >= 11 is 0.607. The van der Waals surface area contributed by atoms with Crippen molar-refractivity contribution in [2.45, 2.75) is 81.3 Å². The van der Waals surface area contributed by atoms with Crippen LogP contribution in [0.25, 0.3) is 0 Å². The van der Waals surface area contributed by atoms with Gasteiger partial charge in [0.15, 0.2) is 0 Å². The van der Waals surface area contributed by atoms with Crippen LogP contribution < -0.4 is 0 Å². The van der Waals surface area contributed by atoms with Gasteiger partial charge in [-0.3, -0.25) is 0 Å². The average molecular weight is 403 g/mol. The lowest BCUT2D eigenvalue weighted by Gasteiger charge is -2.29. The third-order valence-corrected chi connectivity index (χ3v) is 6.84. The van der Waals surface area contributed by atoms with Gasteiger partial charge in [0, 0.05) is 4.90 Å². The molecule has 0 unspecified atom stereocenters. The van der Waals surface area contributed by atoms with Crippen LogP contribution in [0.5, 0.6) is 0 Å². The maximum absolute atomic E-state index is 12.4. The summed E-state index contributed by atoms with van der Waals surface area (Å²) in [7, 11) is 0. The summed E-state index contributed by atoms with van der Waals surface area (Å²) in [6.07, 6.45) is 11.5. The molecule has 0 atom stereocenters. The molecular weight excluding hydrogens is 370 g/mol. The minimum Gasteiger partial charge on any atom is -0.198 e. The van der Waals surface area contributed by atoms with Gasteiger partial charge in [-0.25, -0.2) is 0 Å². The molecule has 28 heavy (non-hydrogen) atoms. The lowest BCUT2D eigenvalue weighted by Crippen LogP contribution is -2.13. The fourth-order valence-corrected chi connectivity index (χ4v) is 4.86. The zero-order valence-electron chi connectivity index (χ0n) is 16.9. The Bertz CT molecular complexity index is 685. The van der Waals surface area contributed by atoms with Gasteiger partial charge >= 0.3 is 0 Å². The quantitative estimate of drug-likeness (QED) is 0.380. The van der Waals surface area contributed by atoms with Crippen molar-refractivity contribution in [3.63, 3.8) is 0 Å². The second kappa shape index (κ2) is 11.0. The van der Waals surface area contributed by atoms with Gasteiger partial charge in [-0.15, -0.1) is 0 Å². The summed E-state index contributed by atoms with van der Waals surface area (Å²) in [5.41, 5.74) is 4.06. The first-order chi connectivity index (χ1) is 13.6. The van der Waals surface area contributed by atoms with Crippen molar-refractivity contribution in [2.75, 3.05) is 0 Å². The zero-order valence-corrected chi connectivity index (χ0v) is 17.7. The third kappa shape index (κ3) is 6.62. The molecular formula is C25H32F2S. The second-order valence-electron chi connectivity index (χ2n) is 8.12. The van der Waals surface area contributed by atoms with E-state index in [1.807, 2.05) is 12.1 Å². The van der Waals surface area contributed by atoms with E-state index in [1.54, 1.807) is 12.1 Å². The molecule has 0 nitrogen and oxygen atoms in total. The van der Waals surface area contributed by atoms with E-state index in [2.05, 4.69) is 31.2 Å². The molecule has 0 saturated heterocycles. The van der Waals surface area contributed by atoms with E-state index in [0.717, 1.165) is 24.7 Å². The number of benzene rings is 2. The molecule has 2 aromatic rings. The highest BCUT2D eigenvalue weighted by Crippen LogP contribution is 2.37. The van der Waals surface area contributed by atoms with Gasteiger partial charge in [0.1, 0.15) is 0 Å². The maximum atomic E-state index is 12.4. The number of unbranched alkanes of at least 4 members (excludes halogenated alkanes) is 1. The van der Waals surface area contributed by atoms with Crippen LogP contribution in [0.15, 0.2) is 53.4 Å². The minimum absolute atomic E-state index is 0.607. The van der Waals surface area contributed by atoms with E-state index >= 15 is 0 Å². The van der Waals surface area contributed by atoms with Crippen LogP contribution in [0.3, 0.4) is 0 Å². The van der Waals surface area contributed by atoms with Gasteiger partial charge in [0.2, 0.25) is 0 Å². The summed E-state index contributed by atoms with van der Waals surface area (Å²) < 4.78 is 24.8. The first-order valence-corrected chi connectivity index (χ1v) is 11.6. The predicted molar refractivity (Wildman–Crippen MR) is 116 cm³/mol. The largest absolute Gasteiger partial charge is 0.288 e. The molecule has 0 aromatic heterocycles. The normalized spacial score (nSPS) is 19.9. The number of hydrogen-bond acceptors (Lipinski definition) is 1. The summed E-state index contributed by atoms with van der Waals surface area (Å²) in [6.45, 7) is 2.29. The monoisotopic (exact) mass is 402 g/mol. The van der Waals surface area contributed by atoms with Crippen molar-refractivity contribution in [2.24, 2.45) is 5.92 Å². The molecule has 3 rings (SSSR count). The first kappa shape index (κ1) is 21.4. The lowest BCUT2D eigenvalue weighted by molar-refractivity contribution is 0.252. The fraction of sp³-hybridized carbons (Fsp3) is 0.520. The number of rotatable bonds is 9. The van der Waals surface area contributed by atoms with Gasteiger partial charge in [0.25, 0.3) is 5.76 Å². The zero-order chi connectivity index (χ0) is 19.8. The Hall–Kier alpha value is -1.35. The van der Waals surface area contributed by atoms with Gasteiger partial charge in [-0.2, -0.15) is 8.78 Å². The van der Waals surface area contributed by atoms with Crippen LogP contribution in [-0.2, 0) is 12.8 Å². The van der Waals surface area contributed by atoms with Crippen molar-refractivity contribution in [1.82, 2.24) is 0 Å². The molecule has 0 heterocycles. The van der Waals surface area contributed by atoms with Crippen molar-refractivity contribution >= 4 is 11.8 Å². The summed E-state index contributed by atoms with van der Waals surface area (Å²) in [6, 6.07) is 16.7. The van der Waals surface area contributed by atoms with Gasteiger partial charge < -0.3 is 0 Å². The lowest BCUT2D eigenvalue weighted by atomic mass is 9.77. The maximum Gasteiger partial charge on any atom is 0.288 e. The van der Waals surface area contributed by atoms with Gasteiger partial charge in [-0.05, 0) is 79.2 Å². The SMILES string of the molecule is CCCC[C@H]1CC[C@H](c2ccc(CCc3ccc(SC(F)F)cc3)cc2)CC1. The van der Waals surface area contributed by atoms with Crippen LogP contribution in [-0.4, -0.2) is 5.76 Å². The topological polar surface area (TPSA) is 0 Å². The average Bonchev–Trinajstić information content (AvgIpc) is 2.72. The Labute approximate surface area is 173 Å². The van der Waals surface area contributed by atoms with E-state index in [0.29, 0.717) is 16.7 Å². The Morgan fingerprint density at radius 3 is 1.96 bits per heavy atom. The molecule has 1 aliphatic rings. The van der Waals surface area contributed by atoms with Crippen LogP contribution in [0, 0.1) is 5.92 Å². The molecule has 3 heteroatoms. The third-order valence-electron chi connectivity index (χ3n) is 6.11. The van der Waals surface area contributed by atoms with Crippen molar-refractivity contribution in [1.29, 1.82) is 0 Å². The van der Waals surface area contributed by atoms with Gasteiger partial charge in [-0.1, -0.05) is 74.3 Å². The number of aryl methyl sites for hydroxylation is 2. The first-order valence-electron chi connectivity index (χ1n) is 10.8. The highest BCUT2D eigenvalue weighted by Gasteiger charge is 2.21. The Morgan fingerprint density at radius 2 is 1.43 bits per heavy atom. The summed E-state index contributed by atoms with van der Waals surface area (Å²) in [5.74, 6) is -0.650. The van der Waals surface area contributed by atoms with E-state index < -0.39 is 5.76 Å². The molecule has 0 N–H and O–H groups in total. The highest BCUT2D eigenvalue weighted by atomic mass is 32.2. The number of alkyl halides is 2. The van der Waals surface area contributed by atoms with Crippen LogP contribution in [0.1, 0.15) is 74.5 Å². The van der Waals surface area contributed by atoms with Crippen molar-refractivity contribution in [3.05, 3.63) is 65.2 Å². The molecule has 0 amide bonds. The molecule has 1 aliphatic carbocycles. The van der Waals surface area contributed by atoms with Crippen LogP contribution in [0.2, 0.25) is 0 Å². The summed E-state index contributed by atoms with van der Waals surface area (Å²) in [5, 5.41) is 0. The smallest absolute Gasteiger partial charge is 0.198 e. The van der Waals surface area contributed by atoms with Crippen molar-refractivity contribution in [3.8, 4) is 0 Å².